The molecule has 2 atom stereocenters. The minimum atomic E-state index is -0.185. The fourth-order valence-electron chi connectivity index (χ4n) is 0.788. The monoisotopic (exact) mass is 126 g/mol. The lowest BCUT2D eigenvalue weighted by Gasteiger charge is -2.04. The third kappa shape index (κ3) is 1.34. The zero-order chi connectivity index (χ0) is 6.85. The lowest BCUT2D eigenvalue weighted by molar-refractivity contribution is 0.187. The van der Waals surface area contributed by atoms with Gasteiger partial charge in [-0.3, -0.25) is 0 Å². The first-order chi connectivity index (χ1) is 4.24. The molecule has 0 N–H and O–H groups in total. The molecule has 0 radical (unpaired) electrons. The van der Waals surface area contributed by atoms with Gasteiger partial charge in [-0.1, -0.05) is 5.98 Å². The van der Waals surface area contributed by atoms with Crippen LogP contribution in [0.25, 0.3) is 0 Å². The summed E-state index contributed by atoms with van der Waals surface area (Å²) < 4.78 is 10.6. The molecule has 0 bridgehead atoms. The molecule has 0 aromatic carbocycles. The Hall–Kier alpha value is -0.275. The smallest absolute Gasteiger partial charge is 0.403 e. The maximum Gasteiger partial charge on any atom is 0.486 e. The summed E-state index contributed by atoms with van der Waals surface area (Å²) in [5.41, 5.74) is 0. The van der Waals surface area contributed by atoms with Crippen molar-refractivity contribution in [1.29, 1.82) is 0 Å². The van der Waals surface area contributed by atoms with Crippen molar-refractivity contribution in [3.05, 3.63) is 12.6 Å². The SMILES string of the molecule is C=CB1OC(C)C(C)O1. The van der Waals surface area contributed by atoms with E-state index in [0.717, 1.165) is 0 Å². The molecule has 2 unspecified atom stereocenters. The Morgan fingerprint density at radius 1 is 1.33 bits per heavy atom. The molecule has 2 nitrogen and oxygen atoms in total. The second-order valence-electron chi connectivity index (χ2n) is 2.29. The van der Waals surface area contributed by atoms with E-state index in [1.807, 2.05) is 13.8 Å². The fraction of sp³-hybridized carbons (Fsp3) is 0.667. The van der Waals surface area contributed by atoms with E-state index in [2.05, 4.69) is 6.58 Å². The van der Waals surface area contributed by atoms with Gasteiger partial charge >= 0.3 is 7.12 Å². The molecular weight excluding hydrogens is 115 g/mol. The third-order valence-corrected chi connectivity index (χ3v) is 1.55. The quantitative estimate of drug-likeness (QED) is 0.488. The van der Waals surface area contributed by atoms with E-state index in [1.165, 1.54) is 0 Å². The van der Waals surface area contributed by atoms with Crippen LogP contribution in [-0.4, -0.2) is 19.3 Å². The van der Waals surface area contributed by atoms with Crippen LogP contribution < -0.4 is 0 Å². The van der Waals surface area contributed by atoms with E-state index in [1.54, 1.807) is 5.98 Å². The summed E-state index contributed by atoms with van der Waals surface area (Å²) in [7, 11) is -0.185. The van der Waals surface area contributed by atoms with Crippen molar-refractivity contribution < 1.29 is 9.31 Å². The Morgan fingerprint density at radius 2 is 1.78 bits per heavy atom. The number of hydrogen-bond acceptors (Lipinski definition) is 2. The highest BCUT2D eigenvalue weighted by molar-refractivity contribution is 6.51. The second kappa shape index (κ2) is 2.54. The maximum atomic E-state index is 5.28. The molecule has 1 aliphatic rings. The first kappa shape index (κ1) is 6.84. The zero-order valence-corrected chi connectivity index (χ0v) is 5.83. The number of rotatable bonds is 1. The van der Waals surface area contributed by atoms with Gasteiger partial charge in [0.25, 0.3) is 0 Å². The van der Waals surface area contributed by atoms with Crippen LogP contribution >= 0.6 is 0 Å². The highest BCUT2D eigenvalue weighted by atomic mass is 16.6. The van der Waals surface area contributed by atoms with E-state index >= 15 is 0 Å². The van der Waals surface area contributed by atoms with E-state index in [9.17, 15) is 0 Å². The van der Waals surface area contributed by atoms with Crippen LogP contribution in [0, 0.1) is 0 Å². The summed E-state index contributed by atoms with van der Waals surface area (Å²) in [6, 6.07) is 0. The molecule has 3 heteroatoms. The zero-order valence-electron chi connectivity index (χ0n) is 5.83. The minimum Gasteiger partial charge on any atom is -0.403 e. The summed E-state index contributed by atoms with van der Waals surface area (Å²) in [5, 5.41) is 0. The molecule has 1 fully saturated rings. The molecule has 1 rings (SSSR count). The summed E-state index contributed by atoms with van der Waals surface area (Å²) in [6.45, 7) is 7.55. The molecule has 50 valence electrons. The second-order valence-corrected chi connectivity index (χ2v) is 2.29. The lowest BCUT2D eigenvalue weighted by atomic mass is 9.92. The molecule has 0 saturated carbocycles. The van der Waals surface area contributed by atoms with Gasteiger partial charge in [0.1, 0.15) is 0 Å². The van der Waals surface area contributed by atoms with Crippen molar-refractivity contribution in [2.75, 3.05) is 0 Å². The average Bonchev–Trinajstić information content (AvgIpc) is 2.13. The van der Waals surface area contributed by atoms with Crippen LogP contribution in [0.5, 0.6) is 0 Å². The Kier molecular flexibility index (Phi) is 1.93. The molecule has 0 aromatic heterocycles. The van der Waals surface area contributed by atoms with E-state index in [0.29, 0.717) is 0 Å². The van der Waals surface area contributed by atoms with Crippen LogP contribution in [0.2, 0.25) is 0 Å². The Balaban J connectivity index is 2.43. The fourth-order valence-corrected chi connectivity index (χ4v) is 0.788. The average molecular weight is 126 g/mol. The van der Waals surface area contributed by atoms with Crippen LogP contribution in [0.1, 0.15) is 13.8 Å². The van der Waals surface area contributed by atoms with Crippen LogP contribution in [0.15, 0.2) is 12.6 Å². The van der Waals surface area contributed by atoms with Gasteiger partial charge in [0, 0.05) is 0 Å². The van der Waals surface area contributed by atoms with Gasteiger partial charge in [-0.05, 0) is 13.8 Å². The Bertz CT molecular complexity index is 106. The Labute approximate surface area is 56.0 Å². The predicted octanol–water partition coefficient (Wildman–Crippen LogP) is 1.02. The molecule has 0 amide bonds. The first-order valence-corrected chi connectivity index (χ1v) is 3.17. The molecule has 1 heterocycles. The summed E-state index contributed by atoms with van der Waals surface area (Å²) >= 11 is 0. The molecule has 0 aliphatic carbocycles. The highest BCUT2D eigenvalue weighted by Gasteiger charge is 2.31. The minimum absolute atomic E-state index is 0.185. The van der Waals surface area contributed by atoms with Gasteiger partial charge in [0.2, 0.25) is 0 Å². The molecule has 1 aliphatic heterocycles. The van der Waals surface area contributed by atoms with Crippen LogP contribution in [0.3, 0.4) is 0 Å². The van der Waals surface area contributed by atoms with E-state index in [-0.39, 0.29) is 19.3 Å². The first-order valence-electron chi connectivity index (χ1n) is 3.17. The standard InChI is InChI=1S/C6H11BO2/c1-4-7-8-5(2)6(3)9-7/h4-6H,1H2,2-3H3. The van der Waals surface area contributed by atoms with Gasteiger partial charge in [-0.25, -0.2) is 0 Å². The predicted molar refractivity (Wildman–Crippen MR) is 37.0 cm³/mol. The van der Waals surface area contributed by atoms with Crippen LogP contribution in [0.4, 0.5) is 0 Å². The molecule has 9 heavy (non-hydrogen) atoms. The van der Waals surface area contributed by atoms with Crippen molar-refractivity contribution in [3.8, 4) is 0 Å². The highest BCUT2D eigenvalue weighted by Crippen LogP contribution is 2.15. The molecule has 0 spiro atoms. The van der Waals surface area contributed by atoms with E-state index < -0.39 is 0 Å². The Morgan fingerprint density at radius 3 is 2.00 bits per heavy atom. The van der Waals surface area contributed by atoms with E-state index in [4.69, 9.17) is 9.31 Å². The molecule has 0 aromatic rings. The lowest BCUT2D eigenvalue weighted by Crippen LogP contribution is -2.13. The molecular formula is C6H11BO2. The van der Waals surface area contributed by atoms with Crippen molar-refractivity contribution in [3.63, 3.8) is 0 Å². The van der Waals surface area contributed by atoms with Gasteiger partial charge in [0.05, 0.1) is 12.2 Å². The van der Waals surface area contributed by atoms with Gasteiger partial charge < -0.3 is 9.31 Å². The van der Waals surface area contributed by atoms with Gasteiger partial charge in [0.15, 0.2) is 0 Å². The summed E-state index contributed by atoms with van der Waals surface area (Å²) in [6.07, 6.45) is 0.404. The molecule has 1 saturated heterocycles. The van der Waals surface area contributed by atoms with Crippen LogP contribution in [-0.2, 0) is 9.31 Å². The van der Waals surface area contributed by atoms with Crippen molar-refractivity contribution in [2.45, 2.75) is 26.1 Å². The number of hydrogen-bond donors (Lipinski definition) is 0. The summed E-state index contributed by atoms with van der Waals surface area (Å²) in [4.78, 5) is 0. The van der Waals surface area contributed by atoms with Crippen molar-refractivity contribution in [2.24, 2.45) is 0 Å². The van der Waals surface area contributed by atoms with Gasteiger partial charge in [-0.2, -0.15) is 0 Å². The maximum absolute atomic E-state index is 5.28. The third-order valence-electron chi connectivity index (χ3n) is 1.55. The summed E-state index contributed by atoms with van der Waals surface area (Å²) in [5.74, 6) is 1.67. The van der Waals surface area contributed by atoms with Gasteiger partial charge in [-0.15, -0.1) is 6.58 Å². The topological polar surface area (TPSA) is 18.5 Å². The van der Waals surface area contributed by atoms with Crippen molar-refractivity contribution in [1.82, 2.24) is 0 Å². The largest absolute Gasteiger partial charge is 0.486 e. The van der Waals surface area contributed by atoms with Crippen molar-refractivity contribution >= 4 is 7.12 Å². The normalized spacial score (nSPS) is 35.1.